The summed E-state index contributed by atoms with van der Waals surface area (Å²) in [6.45, 7) is 10.2. The number of ether oxygens (including phenoxy) is 3. The molecular formula is C36H56N2O6. The van der Waals surface area contributed by atoms with Crippen LogP contribution in [0.25, 0.3) is 5.57 Å². The van der Waals surface area contributed by atoms with Gasteiger partial charge in [0, 0.05) is 18.0 Å². The maximum atomic E-state index is 13.2. The van der Waals surface area contributed by atoms with E-state index in [0.717, 1.165) is 49.7 Å². The molecule has 0 aromatic heterocycles. The average molecular weight is 613 g/mol. The summed E-state index contributed by atoms with van der Waals surface area (Å²) in [4.78, 5) is 38.9. The number of amides is 2. The molecule has 1 saturated carbocycles. The van der Waals surface area contributed by atoms with Gasteiger partial charge in [-0.2, -0.15) is 0 Å². The van der Waals surface area contributed by atoms with Crippen molar-refractivity contribution < 1.29 is 28.6 Å². The van der Waals surface area contributed by atoms with E-state index in [-0.39, 0.29) is 42.9 Å². The second-order valence-corrected chi connectivity index (χ2v) is 13.6. The minimum Gasteiger partial charge on any atom is -0.460 e. The van der Waals surface area contributed by atoms with E-state index in [4.69, 9.17) is 14.2 Å². The zero-order chi connectivity index (χ0) is 32.0. The standard InChI is InChI=1S/C36H56N2O6/c1-6-7-8-9-10-11-13-20-28(27-18-14-12-15-19-27)25-31(39)38-29-21-16-17-22-30(29)43-32(40)23-24-37-34(41)33-35(2,3)26-42-36(4,5)44-33/h12,14-15,18-19,25,29-30,33H,6-11,13,16-17,20-24,26H2,1-5H3,(H,37,41)(H,38,39)/b28-25+/t29-,30-,33?/m0/s1. The maximum Gasteiger partial charge on any atom is 0.307 e. The molecule has 3 rings (SSSR count). The molecule has 1 aromatic rings. The van der Waals surface area contributed by atoms with Crippen LogP contribution in [0.15, 0.2) is 36.4 Å². The lowest BCUT2D eigenvalue weighted by Gasteiger charge is -2.44. The van der Waals surface area contributed by atoms with Gasteiger partial charge >= 0.3 is 5.97 Å². The van der Waals surface area contributed by atoms with Crippen LogP contribution in [0, 0.1) is 5.41 Å². The lowest BCUT2D eigenvalue weighted by Crippen LogP contribution is -2.56. The molecule has 0 bridgehead atoms. The number of nitrogens with one attached hydrogen (secondary N) is 2. The van der Waals surface area contributed by atoms with Crippen molar-refractivity contribution in [3.8, 4) is 0 Å². The lowest BCUT2D eigenvalue weighted by molar-refractivity contribution is -0.304. The molecule has 8 nitrogen and oxygen atoms in total. The molecule has 1 unspecified atom stereocenters. The van der Waals surface area contributed by atoms with Crippen LogP contribution in [0.4, 0.5) is 0 Å². The largest absolute Gasteiger partial charge is 0.460 e. The highest BCUT2D eigenvalue weighted by Crippen LogP contribution is 2.35. The Morgan fingerprint density at radius 3 is 2.34 bits per heavy atom. The van der Waals surface area contributed by atoms with E-state index in [1.165, 1.54) is 32.1 Å². The van der Waals surface area contributed by atoms with E-state index in [1.807, 2.05) is 32.0 Å². The Kier molecular flexibility index (Phi) is 14.4. The van der Waals surface area contributed by atoms with Crippen LogP contribution < -0.4 is 10.6 Å². The van der Waals surface area contributed by atoms with E-state index < -0.39 is 17.3 Å². The van der Waals surface area contributed by atoms with Crippen LogP contribution in [-0.4, -0.2) is 55.0 Å². The Morgan fingerprint density at radius 1 is 0.932 bits per heavy atom. The molecule has 44 heavy (non-hydrogen) atoms. The number of unbranched alkanes of at least 4 members (excludes halogenated alkanes) is 6. The van der Waals surface area contributed by atoms with Crippen LogP contribution in [0.1, 0.15) is 124 Å². The Bertz CT molecular complexity index is 1080. The van der Waals surface area contributed by atoms with Crippen molar-refractivity contribution in [2.45, 2.75) is 142 Å². The summed E-state index contributed by atoms with van der Waals surface area (Å²) in [5, 5.41) is 5.97. The van der Waals surface area contributed by atoms with Gasteiger partial charge in [-0.05, 0) is 57.1 Å². The first-order chi connectivity index (χ1) is 21.0. The number of benzene rings is 1. The molecule has 8 heteroatoms. The molecule has 2 N–H and O–H groups in total. The van der Waals surface area contributed by atoms with Gasteiger partial charge in [-0.25, -0.2) is 0 Å². The van der Waals surface area contributed by atoms with Gasteiger partial charge in [0.2, 0.25) is 11.8 Å². The highest BCUT2D eigenvalue weighted by molar-refractivity contribution is 5.95. The summed E-state index contributed by atoms with van der Waals surface area (Å²) >= 11 is 0. The van der Waals surface area contributed by atoms with Crippen LogP contribution in [0.2, 0.25) is 0 Å². The zero-order valence-corrected chi connectivity index (χ0v) is 27.8. The zero-order valence-electron chi connectivity index (χ0n) is 27.8. The van der Waals surface area contributed by atoms with Gasteiger partial charge in [0.1, 0.15) is 12.2 Å². The fourth-order valence-corrected chi connectivity index (χ4v) is 5.94. The summed E-state index contributed by atoms with van der Waals surface area (Å²) in [5.41, 5.74) is 1.62. The molecule has 3 atom stereocenters. The molecule has 1 aromatic carbocycles. The topological polar surface area (TPSA) is 103 Å². The molecule has 2 aliphatic rings. The SMILES string of the molecule is CCCCCCCCC/C(=C\C(=O)N[C@H]1CCCC[C@@H]1OC(=O)CCNC(=O)C1OC(C)(C)OCC1(C)C)c1ccccc1. The molecular weight excluding hydrogens is 556 g/mol. The van der Waals surface area contributed by atoms with Crippen LogP contribution in [0.5, 0.6) is 0 Å². The second-order valence-electron chi connectivity index (χ2n) is 13.6. The van der Waals surface area contributed by atoms with E-state index in [0.29, 0.717) is 13.0 Å². The smallest absolute Gasteiger partial charge is 0.307 e. The molecule has 0 radical (unpaired) electrons. The number of allylic oxidation sites excluding steroid dienone is 1. The third kappa shape index (κ3) is 12.0. The number of hydrogen-bond donors (Lipinski definition) is 2. The van der Waals surface area contributed by atoms with E-state index >= 15 is 0 Å². The van der Waals surface area contributed by atoms with Gasteiger partial charge in [0.15, 0.2) is 5.79 Å². The Morgan fingerprint density at radius 2 is 1.61 bits per heavy atom. The van der Waals surface area contributed by atoms with E-state index in [1.54, 1.807) is 19.9 Å². The van der Waals surface area contributed by atoms with Gasteiger partial charge in [0.25, 0.3) is 0 Å². The van der Waals surface area contributed by atoms with Crippen molar-refractivity contribution in [2.24, 2.45) is 5.41 Å². The highest BCUT2D eigenvalue weighted by Gasteiger charge is 2.45. The molecule has 0 spiro atoms. The van der Waals surface area contributed by atoms with Gasteiger partial charge in [-0.3, -0.25) is 14.4 Å². The van der Waals surface area contributed by atoms with Crippen LogP contribution in [-0.2, 0) is 28.6 Å². The summed E-state index contributed by atoms with van der Waals surface area (Å²) < 4.78 is 17.4. The fourth-order valence-electron chi connectivity index (χ4n) is 5.94. The Labute approximate surface area is 265 Å². The minimum atomic E-state index is -0.845. The number of rotatable bonds is 16. The van der Waals surface area contributed by atoms with Crippen molar-refractivity contribution >= 4 is 23.4 Å². The normalized spacial score (nSPS) is 23.0. The number of carbonyl (C=O) groups excluding carboxylic acids is 3. The van der Waals surface area contributed by atoms with Crippen molar-refractivity contribution in [1.29, 1.82) is 0 Å². The monoisotopic (exact) mass is 612 g/mol. The Balaban J connectivity index is 1.50. The molecule has 1 aliphatic heterocycles. The number of hydrogen-bond acceptors (Lipinski definition) is 6. The summed E-state index contributed by atoms with van der Waals surface area (Å²) in [6, 6.07) is 9.87. The van der Waals surface area contributed by atoms with Crippen molar-refractivity contribution in [3.05, 3.63) is 42.0 Å². The first kappa shape index (κ1) is 35.8. The first-order valence-corrected chi connectivity index (χ1v) is 16.9. The molecule has 1 aliphatic carbocycles. The van der Waals surface area contributed by atoms with Crippen molar-refractivity contribution in [2.75, 3.05) is 13.2 Å². The lowest BCUT2D eigenvalue weighted by atomic mass is 9.85. The van der Waals surface area contributed by atoms with Gasteiger partial charge in [-0.15, -0.1) is 0 Å². The van der Waals surface area contributed by atoms with Gasteiger partial charge in [-0.1, -0.05) is 96.0 Å². The Hall–Kier alpha value is -2.71. The quantitative estimate of drug-likeness (QED) is 0.120. The second kappa shape index (κ2) is 17.7. The number of carbonyl (C=O) groups is 3. The van der Waals surface area contributed by atoms with E-state index in [2.05, 4.69) is 29.7 Å². The van der Waals surface area contributed by atoms with Crippen molar-refractivity contribution in [1.82, 2.24) is 10.6 Å². The van der Waals surface area contributed by atoms with Crippen LogP contribution in [0.3, 0.4) is 0 Å². The summed E-state index contributed by atoms with van der Waals surface area (Å²) in [7, 11) is 0. The average Bonchev–Trinajstić information content (AvgIpc) is 2.99. The third-order valence-electron chi connectivity index (χ3n) is 8.58. The predicted octanol–water partition coefficient (Wildman–Crippen LogP) is 6.87. The van der Waals surface area contributed by atoms with Crippen LogP contribution >= 0.6 is 0 Å². The van der Waals surface area contributed by atoms with E-state index in [9.17, 15) is 14.4 Å². The molecule has 246 valence electrons. The molecule has 1 saturated heterocycles. The van der Waals surface area contributed by atoms with Crippen molar-refractivity contribution in [3.63, 3.8) is 0 Å². The number of esters is 1. The van der Waals surface area contributed by atoms with Gasteiger partial charge in [0.05, 0.1) is 19.1 Å². The minimum absolute atomic E-state index is 0.0481. The van der Waals surface area contributed by atoms with Gasteiger partial charge < -0.3 is 24.8 Å². The molecule has 2 amide bonds. The summed E-state index contributed by atoms with van der Waals surface area (Å²) in [6.07, 6.45) is 13.5. The molecule has 2 fully saturated rings. The third-order valence-corrected chi connectivity index (χ3v) is 8.58. The summed E-state index contributed by atoms with van der Waals surface area (Å²) in [5.74, 6) is -1.64. The highest BCUT2D eigenvalue weighted by atomic mass is 16.7. The first-order valence-electron chi connectivity index (χ1n) is 16.9. The fraction of sp³-hybridized carbons (Fsp3) is 0.694. The maximum absolute atomic E-state index is 13.2. The predicted molar refractivity (Wildman–Crippen MR) is 174 cm³/mol. The molecule has 1 heterocycles.